The van der Waals surface area contributed by atoms with Gasteiger partial charge in [0.15, 0.2) is 5.11 Å². The highest BCUT2D eigenvalue weighted by Crippen LogP contribution is 2.25. The van der Waals surface area contributed by atoms with E-state index in [-0.39, 0.29) is 5.97 Å². The van der Waals surface area contributed by atoms with E-state index < -0.39 is 0 Å². The third-order valence-corrected chi connectivity index (χ3v) is 4.95. The van der Waals surface area contributed by atoms with Gasteiger partial charge in [-0.25, -0.2) is 4.79 Å². The van der Waals surface area contributed by atoms with E-state index in [4.69, 9.17) is 17.0 Å². The molecule has 3 rings (SSSR count). The Labute approximate surface area is 138 Å². The second-order valence-electron chi connectivity index (χ2n) is 5.03. The number of anilines is 1. The number of carbonyl (C=O) groups excluding carboxylic acids is 1. The van der Waals surface area contributed by atoms with Crippen molar-refractivity contribution in [2.75, 3.05) is 19.0 Å². The lowest BCUT2D eigenvalue weighted by Gasteiger charge is -2.31. The smallest absolute Gasteiger partial charge is 0.350 e. The first-order valence-corrected chi connectivity index (χ1v) is 8.26. The van der Waals surface area contributed by atoms with Gasteiger partial charge in [0.1, 0.15) is 4.88 Å². The molecule has 0 bridgehead atoms. The molecule has 0 atom stereocenters. The maximum Gasteiger partial charge on any atom is 0.350 e. The van der Waals surface area contributed by atoms with Crippen LogP contribution >= 0.6 is 23.6 Å². The van der Waals surface area contributed by atoms with Crippen LogP contribution in [0.5, 0.6) is 0 Å². The number of ether oxygens (including phenoxy) is 1. The first-order chi connectivity index (χ1) is 10.7. The van der Waals surface area contributed by atoms with Crippen LogP contribution in [0.25, 0.3) is 0 Å². The standard InChI is InChI=1S/C16H16N2O2S2/c1-20-15(19)14-13(7-9-22-14)17-16(21)18-8-6-11-4-2-3-5-12(11)10-18/h2-5,7,9H,6,8,10H2,1H3,(H,17,21). The van der Waals surface area contributed by atoms with Gasteiger partial charge in [-0.2, -0.15) is 0 Å². The zero-order valence-corrected chi connectivity index (χ0v) is 13.8. The molecule has 0 saturated heterocycles. The highest BCUT2D eigenvalue weighted by Gasteiger charge is 2.20. The van der Waals surface area contributed by atoms with Crippen molar-refractivity contribution in [1.29, 1.82) is 0 Å². The summed E-state index contributed by atoms with van der Waals surface area (Å²) >= 11 is 6.85. The van der Waals surface area contributed by atoms with Gasteiger partial charge >= 0.3 is 5.97 Å². The number of hydrogen-bond acceptors (Lipinski definition) is 4. The van der Waals surface area contributed by atoms with E-state index in [1.165, 1.54) is 29.6 Å². The minimum atomic E-state index is -0.343. The van der Waals surface area contributed by atoms with E-state index in [1.54, 1.807) is 0 Å². The molecule has 0 aliphatic carbocycles. The third-order valence-electron chi connectivity index (χ3n) is 3.70. The first kappa shape index (κ1) is 15.0. The molecule has 1 aliphatic heterocycles. The van der Waals surface area contributed by atoms with Gasteiger partial charge in [-0.3, -0.25) is 0 Å². The molecule has 2 aromatic rings. The monoisotopic (exact) mass is 332 g/mol. The Balaban J connectivity index is 1.71. The van der Waals surface area contributed by atoms with Gasteiger partial charge < -0.3 is 15.0 Å². The number of hydrogen-bond donors (Lipinski definition) is 1. The van der Waals surface area contributed by atoms with E-state index in [9.17, 15) is 4.79 Å². The molecule has 6 heteroatoms. The Bertz CT molecular complexity index is 712. The highest BCUT2D eigenvalue weighted by molar-refractivity contribution is 7.80. The van der Waals surface area contributed by atoms with E-state index in [2.05, 4.69) is 28.4 Å². The quantitative estimate of drug-likeness (QED) is 0.675. The van der Waals surface area contributed by atoms with Crippen LogP contribution < -0.4 is 5.32 Å². The Morgan fingerprint density at radius 1 is 1.32 bits per heavy atom. The molecular formula is C16H16N2O2S2. The zero-order valence-electron chi connectivity index (χ0n) is 12.2. The zero-order chi connectivity index (χ0) is 15.5. The summed E-state index contributed by atoms with van der Waals surface area (Å²) < 4.78 is 4.78. The first-order valence-electron chi connectivity index (χ1n) is 6.97. The number of esters is 1. The van der Waals surface area contributed by atoms with Gasteiger partial charge in [0.25, 0.3) is 0 Å². The van der Waals surface area contributed by atoms with Crippen LogP contribution in [-0.4, -0.2) is 29.6 Å². The normalized spacial score (nSPS) is 13.4. The minimum absolute atomic E-state index is 0.343. The number of methoxy groups -OCH3 is 1. The molecule has 0 radical (unpaired) electrons. The summed E-state index contributed by atoms with van der Waals surface area (Å²) in [4.78, 5) is 14.4. The molecule has 114 valence electrons. The molecule has 4 nitrogen and oxygen atoms in total. The third kappa shape index (κ3) is 2.98. The van der Waals surface area contributed by atoms with Crippen molar-refractivity contribution in [3.05, 3.63) is 51.7 Å². The highest BCUT2D eigenvalue weighted by atomic mass is 32.1. The molecule has 22 heavy (non-hydrogen) atoms. The Morgan fingerprint density at radius 2 is 2.09 bits per heavy atom. The van der Waals surface area contributed by atoms with Crippen molar-refractivity contribution < 1.29 is 9.53 Å². The van der Waals surface area contributed by atoms with Crippen LogP contribution in [0.15, 0.2) is 35.7 Å². The van der Waals surface area contributed by atoms with Gasteiger partial charge in [0.2, 0.25) is 0 Å². The number of rotatable bonds is 2. The molecule has 1 N–H and O–H groups in total. The largest absolute Gasteiger partial charge is 0.465 e. The van der Waals surface area contributed by atoms with Crippen LogP contribution in [0.1, 0.15) is 20.8 Å². The number of benzene rings is 1. The average Bonchev–Trinajstić information content (AvgIpc) is 3.01. The predicted octanol–water partition coefficient (Wildman–Crippen LogP) is 3.29. The fourth-order valence-corrected chi connectivity index (χ4v) is 3.55. The van der Waals surface area contributed by atoms with E-state index in [1.807, 2.05) is 17.5 Å². The molecule has 0 unspecified atom stereocenters. The lowest BCUT2D eigenvalue weighted by atomic mass is 10.0. The van der Waals surface area contributed by atoms with Crippen LogP contribution in [0.4, 0.5) is 5.69 Å². The van der Waals surface area contributed by atoms with Gasteiger partial charge in [0.05, 0.1) is 12.8 Å². The Morgan fingerprint density at radius 3 is 2.86 bits per heavy atom. The maximum absolute atomic E-state index is 11.7. The molecular weight excluding hydrogens is 316 g/mol. The fraction of sp³-hybridized carbons (Fsp3) is 0.250. The number of nitrogens with one attached hydrogen (secondary N) is 1. The van der Waals surface area contributed by atoms with Gasteiger partial charge in [0, 0.05) is 13.1 Å². The van der Waals surface area contributed by atoms with Crippen molar-refractivity contribution in [1.82, 2.24) is 4.90 Å². The van der Waals surface area contributed by atoms with E-state index in [0.29, 0.717) is 15.7 Å². The van der Waals surface area contributed by atoms with Crippen LogP contribution in [0.3, 0.4) is 0 Å². The summed E-state index contributed by atoms with van der Waals surface area (Å²) in [6.07, 6.45) is 0.978. The van der Waals surface area contributed by atoms with Gasteiger partial charge in [-0.1, -0.05) is 24.3 Å². The Kier molecular flexibility index (Phi) is 4.40. The van der Waals surface area contributed by atoms with Crippen molar-refractivity contribution in [3.63, 3.8) is 0 Å². The number of fused-ring (bicyclic) bond motifs is 1. The van der Waals surface area contributed by atoms with Gasteiger partial charge in [-0.05, 0) is 41.2 Å². The second-order valence-corrected chi connectivity index (χ2v) is 6.33. The summed E-state index contributed by atoms with van der Waals surface area (Å²) in [7, 11) is 1.38. The number of thiocarbonyl (C=S) groups is 1. The summed E-state index contributed by atoms with van der Waals surface area (Å²) in [6, 6.07) is 10.3. The van der Waals surface area contributed by atoms with Gasteiger partial charge in [-0.15, -0.1) is 11.3 Å². The SMILES string of the molecule is COC(=O)c1sccc1NC(=S)N1CCc2ccccc2C1. The fourth-order valence-electron chi connectivity index (χ4n) is 2.52. The molecule has 1 aromatic carbocycles. The van der Waals surface area contributed by atoms with Crippen LogP contribution in [0.2, 0.25) is 0 Å². The van der Waals surface area contributed by atoms with Crippen molar-refractivity contribution in [2.24, 2.45) is 0 Å². The van der Waals surface area contributed by atoms with Crippen molar-refractivity contribution in [2.45, 2.75) is 13.0 Å². The maximum atomic E-state index is 11.7. The lowest BCUT2D eigenvalue weighted by molar-refractivity contribution is 0.0607. The predicted molar refractivity (Wildman–Crippen MR) is 92.4 cm³/mol. The van der Waals surface area contributed by atoms with E-state index in [0.717, 1.165) is 19.5 Å². The summed E-state index contributed by atoms with van der Waals surface area (Å²) in [5, 5.41) is 5.66. The lowest BCUT2D eigenvalue weighted by Crippen LogP contribution is -2.38. The van der Waals surface area contributed by atoms with E-state index >= 15 is 0 Å². The summed E-state index contributed by atoms with van der Waals surface area (Å²) in [5.74, 6) is -0.343. The summed E-state index contributed by atoms with van der Waals surface area (Å²) in [6.45, 7) is 1.67. The molecule has 1 aliphatic rings. The molecule has 0 spiro atoms. The number of nitrogens with zero attached hydrogens (tertiary/aromatic N) is 1. The number of carbonyl (C=O) groups is 1. The van der Waals surface area contributed by atoms with Crippen LogP contribution in [-0.2, 0) is 17.7 Å². The van der Waals surface area contributed by atoms with Crippen molar-refractivity contribution >= 4 is 40.3 Å². The molecule has 2 heterocycles. The number of thiophene rings is 1. The Hall–Kier alpha value is -1.92. The molecule has 1 aromatic heterocycles. The van der Waals surface area contributed by atoms with Crippen LogP contribution in [0, 0.1) is 0 Å². The van der Waals surface area contributed by atoms with Crippen molar-refractivity contribution in [3.8, 4) is 0 Å². The second kappa shape index (κ2) is 6.46. The topological polar surface area (TPSA) is 41.6 Å². The molecule has 0 saturated carbocycles. The summed E-state index contributed by atoms with van der Waals surface area (Å²) in [5.41, 5.74) is 3.39. The molecule has 0 amide bonds. The average molecular weight is 332 g/mol. The minimum Gasteiger partial charge on any atom is -0.465 e. The molecule has 0 fully saturated rings.